The number of hydrogen-bond acceptors (Lipinski definition) is 4. The molecule has 4 rings (SSSR count). The number of nitroso groups, excluding NO2 is 2. The molecule has 7 unspecified atom stereocenters. The smallest absolute Gasteiger partial charge is 0.164 e. The van der Waals surface area contributed by atoms with Gasteiger partial charge in [-0.25, -0.2) is 0 Å². The fraction of sp³-hybridized carbons (Fsp3) is 0.652. The maximum Gasteiger partial charge on any atom is 0.544 e. The molecular formula is C23H31BN2O2. The van der Waals surface area contributed by atoms with E-state index in [0.29, 0.717) is 41.4 Å². The first-order valence-electron chi connectivity index (χ1n) is 11.1. The van der Waals surface area contributed by atoms with Crippen molar-refractivity contribution in [3.8, 4) is 0 Å². The molecule has 4 aliphatic carbocycles. The Morgan fingerprint density at radius 2 is 1.68 bits per heavy atom. The third-order valence-corrected chi connectivity index (χ3v) is 8.00. The Labute approximate surface area is 168 Å². The Morgan fingerprint density at radius 1 is 1.04 bits per heavy atom. The van der Waals surface area contributed by atoms with Crippen LogP contribution in [-0.4, -0.2) is 6.98 Å². The second kappa shape index (κ2) is 8.30. The average molecular weight is 378 g/mol. The van der Waals surface area contributed by atoms with Gasteiger partial charge >= 0.3 is 6.98 Å². The first-order chi connectivity index (χ1) is 13.7. The average Bonchev–Trinajstić information content (AvgIpc) is 2.75. The maximum atomic E-state index is 11.4. The molecular weight excluding hydrogens is 347 g/mol. The van der Waals surface area contributed by atoms with Crippen LogP contribution in [0.2, 0.25) is 0 Å². The van der Waals surface area contributed by atoms with Crippen LogP contribution in [0.4, 0.5) is 0 Å². The lowest BCUT2D eigenvalue weighted by Crippen LogP contribution is -2.51. The minimum Gasteiger partial charge on any atom is -0.164 e. The van der Waals surface area contributed by atoms with E-state index in [4.69, 9.17) is 0 Å². The Balaban J connectivity index is 1.85. The summed E-state index contributed by atoms with van der Waals surface area (Å²) in [5, 5.41) is 6.21. The monoisotopic (exact) mass is 378 g/mol. The summed E-state index contributed by atoms with van der Waals surface area (Å²) in [6.45, 7) is 3.19. The van der Waals surface area contributed by atoms with Crippen molar-refractivity contribution in [1.29, 1.82) is 0 Å². The van der Waals surface area contributed by atoms with Crippen LogP contribution in [0.3, 0.4) is 0 Å². The predicted molar refractivity (Wildman–Crippen MR) is 115 cm³/mol. The summed E-state index contributed by atoms with van der Waals surface area (Å²) in [5.74, 6) is 4.11. The van der Waals surface area contributed by atoms with Gasteiger partial charge in [0.25, 0.3) is 0 Å². The molecule has 0 bridgehead atoms. The highest BCUT2D eigenvalue weighted by Crippen LogP contribution is 2.60. The molecule has 148 valence electrons. The topological polar surface area (TPSA) is 58.9 Å². The molecule has 0 N–H and O–H groups in total. The van der Waals surface area contributed by atoms with E-state index < -0.39 is 6.98 Å². The van der Waals surface area contributed by atoms with Crippen LogP contribution in [0.25, 0.3) is 0 Å². The molecule has 0 amide bonds. The molecule has 0 saturated heterocycles. The number of hydrogen-bond donors (Lipinski definition) is 0. The highest BCUT2D eigenvalue weighted by Gasteiger charge is 2.54. The lowest BCUT2D eigenvalue weighted by molar-refractivity contribution is -0.0224. The molecule has 4 nitrogen and oxygen atoms in total. The molecule has 0 radical (unpaired) electrons. The molecule has 0 aromatic heterocycles. The molecule has 0 aromatic rings. The van der Waals surface area contributed by atoms with E-state index in [2.05, 4.69) is 47.5 Å². The van der Waals surface area contributed by atoms with Crippen LogP contribution in [-0.2, 0) is 0 Å². The fourth-order valence-electron chi connectivity index (χ4n) is 7.14. The lowest BCUT2D eigenvalue weighted by Gasteiger charge is -2.57. The van der Waals surface area contributed by atoms with Gasteiger partial charge in [0, 0.05) is 0 Å². The normalized spacial score (nSPS) is 39.3. The van der Waals surface area contributed by atoms with E-state index in [1.54, 1.807) is 0 Å². The van der Waals surface area contributed by atoms with Gasteiger partial charge in [0.2, 0.25) is 0 Å². The zero-order chi connectivity index (χ0) is 19.7. The summed E-state index contributed by atoms with van der Waals surface area (Å²) >= 11 is 0. The quantitative estimate of drug-likeness (QED) is 0.322. The van der Waals surface area contributed by atoms with Gasteiger partial charge in [-0.05, 0) is 92.3 Å². The zero-order valence-electron chi connectivity index (χ0n) is 17.0. The molecule has 0 aliphatic heterocycles. The summed E-state index contributed by atoms with van der Waals surface area (Å²) in [5.41, 5.74) is 2.06. The number of rotatable bonds is 5. The van der Waals surface area contributed by atoms with Crippen molar-refractivity contribution in [2.75, 3.05) is 0 Å². The van der Waals surface area contributed by atoms with E-state index in [0.717, 1.165) is 18.3 Å². The van der Waals surface area contributed by atoms with Crippen molar-refractivity contribution in [3.05, 3.63) is 57.3 Å². The van der Waals surface area contributed by atoms with Crippen LogP contribution in [0, 0.1) is 51.2 Å². The Hall–Kier alpha value is -1.78. The minimum atomic E-state index is -1.07. The van der Waals surface area contributed by atoms with E-state index in [1.165, 1.54) is 31.3 Å². The lowest BCUT2D eigenvalue weighted by atomic mass is 9.44. The predicted octanol–water partition coefficient (Wildman–Crippen LogP) is 6.26. The van der Waals surface area contributed by atoms with E-state index in [1.807, 2.05) is 13.0 Å². The largest absolute Gasteiger partial charge is 0.544 e. The van der Waals surface area contributed by atoms with E-state index >= 15 is 0 Å². The van der Waals surface area contributed by atoms with Crippen LogP contribution in [0.5, 0.6) is 0 Å². The van der Waals surface area contributed by atoms with Crippen molar-refractivity contribution in [2.45, 2.75) is 52.4 Å². The molecule has 0 heterocycles. The van der Waals surface area contributed by atoms with Crippen molar-refractivity contribution in [2.24, 2.45) is 51.6 Å². The highest BCUT2D eigenvalue weighted by atomic mass is 16.3. The summed E-state index contributed by atoms with van der Waals surface area (Å²) in [6, 6.07) is 0. The van der Waals surface area contributed by atoms with Crippen molar-refractivity contribution in [1.82, 2.24) is 0 Å². The highest BCUT2D eigenvalue weighted by molar-refractivity contribution is 6.63. The SMILES string of the molecule is C/C=C\C1=C(B(N=O)N=O)CC2C3C=CCCC3C3C=CCCC3C2C1CC. The summed E-state index contributed by atoms with van der Waals surface area (Å²) in [7, 11) is 0. The summed E-state index contributed by atoms with van der Waals surface area (Å²) < 4.78 is 0. The summed E-state index contributed by atoms with van der Waals surface area (Å²) in [6.07, 6.45) is 20.6. The van der Waals surface area contributed by atoms with Gasteiger partial charge in [0.1, 0.15) is 0 Å². The number of nitrogens with zero attached hydrogens (tertiary/aromatic N) is 2. The number of fused-ring (bicyclic) bond motifs is 6. The minimum absolute atomic E-state index is 0.381. The van der Waals surface area contributed by atoms with Crippen LogP contribution >= 0.6 is 0 Å². The molecule has 7 atom stereocenters. The van der Waals surface area contributed by atoms with Crippen molar-refractivity contribution < 1.29 is 0 Å². The third-order valence-electron chi connectivity index (χ3n) is 8.00. The van der Waals surface area contributed by atoms with Gasteiger partial charge in [-0.15, -0.1) is 0 Å². The molecule has 0 aromatic carbocycles. The standard InChI is InChI=1S/C23H31BN2O2/c1-3-9-19-15(4-2)23-20-13-8-7-11-17(20)16-10-5-6-12-18(16)21(23)14-22(19)24(25-27)26-28/h3,6-7,9,11-12,15-18,20-21,23H,4-5,8,10,13-14H2,1-2H3/b9-3-. The van der Waals surface area contributed by atoms with Crippen molar-refractivity contribution in [3.63, 3.8) is 0 Å². The van der Waals surface area contributed by atoms with Gasteiger partial charge in [0.15, 0.2) is 0 Å². The van der Waals surface area contributed by atoms with Gasteiger partial charge in [-0.3, -0.25) is 0 Å². The molecule has 0 spiro atoms. The van der Waals surface area contributed by atoms with Gasteiger partial charge in [-0.1, -0.05) is 59.1 Å². The second-order valence-electron chi connectivity index (χ2n) is 9.02. The van der Waals surface area contributed by atoms with Crippen LogP contribution < -0.4 is 0 Å². The molecule has 5 heteroatoms. The van der Waals surface area contributed by atoms with Crippen LogP contribution in [0.15, 0.2) is 57.7 Å². The first kappa shape index (κ1) is 19.5. The second-order valence-corrected chi connectivity index (χ2v) is 9.02. The molecule has 28 heavy (non-hydrogen) atoms. The first-order valence-corrected chi connectivity index (χ1v) is 11.1. The van der Waals surface area contributed by atoms with Gasteiger partial charge < -0.3 is 0 Å². The van der Waals surface area contributed by atoms with Gasteiger partial charge in [-0.2, -0.15) is 9.81 Å². The fourth-order valence-corrected chi connectivity index (χ4v) is 7.14. The summed E-state index contributed by atoms with van der Waals surface area (Å²) in [4.78, 5) is 22.9. The Morgan fingerprint density at radius 3 is 2.29 bits per heavy atom. The maximum absolute atomic E-state index is 11.4. The Kier molecular flexibility index (Phi) is 5.79. The van der Waals surface area contributed by atoms with Crippen LogP contribution in [0.1, 0.15) is 52.4 Å². The number of allylic oxidation sites excluding steroid dienone is 8. The molecule has 1 saturated carbocycles. The zero-order valence-corrected chi connectivity index (χ0v) is 17.0. The van der Waals surface area contributed by atoms with E-state index in [9.17, 15) is 9.81 Å². The van der Waals surface area contributed by atoms with Gasteiger partial charge in [0.05, 0.1) is 0 Å². The molecule has 4 aliphatic rings. The van der Waals surface area contributed by atoms with E-state index in [-0.39, 0.29) is 0 Å². The third kappa shape index (κ3) is 3.07. The Bertz CT molecular complexity index is 733. The van der Waals surface area contributed by atoms with Crippen molar-refractivity contribution >= 4 is 6.98 Å². The molecule has 1 fully saturated rings.